The lowest BCUT2D eigenvalue weighted by Crippen LogP contribution is -2.06. The molecular weight excluding hydrogens is 228 g/mol. The van der Waals surface area contributed by atoms with Gasteiger partial charge in [0.15, 0.2) is 0 Å². The van der Waals surface area contributed by atoms with E-state index in [1.807, 2.05) is 24.3 Å². The first kappa shape index (κ1) is 10.4. The molecule has 3 rings (SSSR count). The van der Waals surface area contributed by atoms with Crippen LogP contribution in [0.3, 0.4) is 0 Å². The van der Waals surface area contributed by atoms with Crippen LogP contribution in [0, 0.1) is 0 Å². The molecule has 1 aliphatic rings. The molecule has 0 saturated heterocycles. The van der Waals surface area contributed by atoms with Gasteiger partial charge in [0.2, 0.25) is 0 Å². The maximum Gasteiger partial charge on any atom is 0.0453 e. The van der Waals surface area contributed by atoms with Gasteiger partial charge < -0.3 is 11.5 Å². The molecule has 0 fully saturated rings. The first-order valence-electron chi connectivity index (χ1n) is 5.47. The van der Waals surface area contributed by atoms with Crippen LogP contribution in [0.15, 0.2) is 46.2 Å². The molecule has 1 aliphatic heterocycles. The van der Waals surface area contributed by atoms with Crippen LogP contribution in [0.1, 0.15) is 11.1 Å². The molecule has 0 radical (unpaired) electrons. The Hall–Kier alpha value is -1.74. The van der Waals surface area contributed by atoms with Gasteiger partial charge in [0.05, 0.1) is 0 Å². The first-order chi connectivity index (χ1) is 8.18. The average molecular weight is 242 g/mol. The van der Waals surface area contributed by atoms with E-state index in [-0.39, 0.29) is 10.5 Å². The fraction of sp³-hybridized carbons (Fsp3) is 0.0714. The van der Waals surface area contributed by atoms with Gasteiger partial charge in [0, 0.05) is 21.2 Å². The summed E-state index contributed by atoms with van der Waals surface area (Å²) in [7, 11) is -0.263. The van der Waals surface area contributed by atoms with E-state index >= 15 is 0 Å². The number of rotatable bonds is 0. The Morgan fingerprint density at radius 2 is 1.35 bits per heavy atom. The van der Waals surface area contributed by atoms with Gasteiger partial charge in [-0.3, -0.25) is 0 Å². The molecule has 0 saturated carbocycles. The quantitative estimate of drug-likeness (QED) is 0.470. The Labute approximate surface area is 103 Å². The van der Waals surface area contributed by atoms with Gasteiger partial charge in [-0.25, -0.2) is 0 Å². The van der Waals surface area contributed by atoms with Crippen LogP contribution in [0.25, 0.3) is 0 Å². The van der Waals surface area contributed by atoms with Gasteiger partial charge in [0.1, 0.15) is 0 Å². The molecule has 0 bridgehead atoms. The number of benzene rings is 2. The van der Waals surface area contributed by atoms with Crippen LogP contribution in [0.2, 0.25) is 0 Å². The summed E-state index contributed by atoms with van der Waals surface area (Å²) in [6.07, 6.45) is 0.903. The van der Waals surface area contributed by atoms with Crippen LogP contribution in [-0.2, 0) is 6.42 Å². The summed E-state index contributed by atoms with van der Waals surface area (Å²) in [5.74, 6) is 4.27. The topological polar surface area (TPSA) is 52.0 Å². The summed E-state index contributed by atoms with van der Waals surface area (Å²) >= 11 is 0. The van der Waals surface area contributed by atoms with Crippen molar-refractivity contribution in [2.45, 2.75) is 16.2 Å². The smallest absolute Gasteiger partial charge is 0.0453 e. The molecule has 2 nitrogen and oxygen atoms in total. The Morgan fingerprint density at radius 3 is 1.82 bits per heavy atom. The van der Waals surface area contributed by atoms with Crippen molar-refractivity contribution >= 4 is 27.7 Å². The van der Waals surface area contributed by atoms with Gasteiger partial charge in [-0.15, -0.1) is 10.5 Å². The normalized spacial score (nSPS) is 14.1. The van der Waals surface area contributed by atoms with Crippen molar-refractivity contribution in [2.24, 2.45) is 0 Å². The fourth-order valence-corrected chi connectivity index (χ4v) is 4.22. The van der Waals surface area contributed by atoms with Crippen LogP contribution in [0.4, 0.5) is 11.4 Å². The molecule has 0 spiro atoms. The van der Waals surface area contributed by atoms with E-state index in [9.17, 15) is 0 Å². The third kappa shape index (κ3) is 1.46. The van der Waals surface area contributed by atoms with E-state index in [1.165, 1.54) is 11.1 Å². The second-order valence-corrected chi connectivity index (χ2v) is 5.84. The van der Waals surface area contributed by atoms with Crippen molar-refractivity contribution in [3.05, 3.63) is 47.5 Å². The zero-order valence-electron chi connectivity index (χ0n) is 9.44. The molecule has 2 aromatic rings. The molecular formula is C14H14N2S. The van der Waals surface area contributed by atoms with E-state index in [0.717, 1.165) is 27.6 Å². The standard InChI is InChI=1S/C14H14N2S/c1-17-13-9(4-2-6-11(13)15)8-10-5-3-7-12(16)14(10)17/h2-7H,1,8,15-16H2. The van der Waals surface area contributed by atoms with E-state index in [0.29, 0.717) is 0 Å². The summed E-state index contributed by atoms with van der Waals surface area (Å²) in [5.41, 5.74) is 16.3. The monoisotopic (exact) mass is 242 g/mol. The molecule has 0 amide bonds. The van der Waals surface area contributed by atoms with Crippen molar-refractivity contribution in [2.75, 3.05) is 11.5 Å². The summed E-state index contributed by atoms with van der Waals surface area (Å²) < 4.78 is 0. The molecule has 17 heavy (non-hydrogen) atoms. The van der Waals surface area contributed by atoms with Gasteiger partial charge in [-0.05, 0) is 29.7 Å². The minimum atomic E-state index is -0.263. The molecule has 86 valence electrons. The third-order valence-electron chi connectivity index (χ3n) is 3.13. The van der Waals surface area contributed by atoms with Crippen LogP contribution < -0.4 is 11.5 Å². The highest BCUT2D eigenvalue weighted by Gasteiger charge is 2.21. The third-order valence-corrected chi connectivity index (χ3v) is 5.11. The molecule has 0 atom stereocenters. The van der Waals surface area contributed by atoms with Crippen molar-refractivity contribution in [1.29, 1.82) is 0 Å². The van der Waals surface area contributed by atoms with Crippen LogP contribution >= 0.6 is 10.5 Å². The molecule has 0 unspecified atom stereocenters. The van der Waals surface area contributed by atoms with Gasteiger partial charge in [-0.1, -0.05) is 30.1 Å². The number of nitrogen functional groups attached to an aromatic ring is 2. The largest absolute Gasteiger partial charge is 0.398 e. The minimum Gasteiger partial charge on any atom is -0.398 e. The Kier molecular flexibility index (Phi) is 2.23. The number of anilines is 2. The maximum absolute atomic E-state index is 6.07. The highest BCUT2D eigenvalue weighted by molar-refractivity contribution is 8.14. The van der Waals surface area contributed by atoms with E-state index in [1.54, 1.807) is 0 Å². The maximum atomic E-state index is 6.07. The number of nitrogens with two attached hydrogens (primary N) is 2. The Bertz CT molecular complexity index is 579. The summed E-state index contributed by atoms with van der Waals surface area (Å²) in [6.45, 7) is 0. The number of hydrogen-bond donors (Lipinski definition) is 2. The van der Waals surface area contributed by atoms with Gasteiger partial charge in [0.25, 0.3) is 0 Å². The van der Waals surface area contributed by atoms with Crippen LogP contribution in [0.5, 0.6) is 0 Å². The fourth-order valence-electron chi connectivity index (χ4n) is 2.40. The molecule has 0 aromatic heterocycles. The highest BCUT2D eigenvalue weighted by Crippen LogP contribution is 2.48. The first-order valence-corrected chi connectivity index (χ1v) is 6.86. The molecule has 4 N–H and O–H groups in total. The van der Waals surface area contributed by atoms with Crippen molar-refractivity contribution < 1.29 is 0 Å². The van der Waals surface area contributed by atoms with E-state index < -0.39 is 0 Å². The lowest BCUT2D eigenvalue weighted by atomic mass is 10.0. The van der Waals surface area contributed by atoms with Gasteiger partial charge in [-0.2, -0.15) is 0 Å². The van der Waals surface area contributed by atoms with E-state index in [2.05, 4.69) is 18.0 Å². The van der Waals surface area contributed by atoms with Crippen molar-refractivity contribution in [1.82, 2.24) is 0 Å². The predicted octanol–water partition coefficient (Wildman–Crippen LogP) is 2.87. The Morgan fingerprint density at radius 1 is 0.882 bits per heavy atom. The zero-order valence-corrected chi connectivity index (χ0v) is 10.3. The van der Waals surface area contributed by atoms with Crippen LogP contribution in [-0.4, -0.2) is 5.87 Å². The zero-order chi connectivity index (χ0) is 12.0. The van der Waals surface area contributed by atoms with Gasteiger partial charge >= 0.3 is 0 Å². The molecule has 3 heteroatoms. The lowest BCUT2D eigenvalue weighted by Gasteiger charge is -2.25. The molecule has 1 heterocycles. The number of hydrogen-bond acceptors (Lipinski definition) is 2. The van der Waals surface area contributed by atoms with Crippen molar-refractivity contribution in [3.8, 4) is 0 Å². The summed E-state index contributed by atoms with van der Waals surface area (Å²) in [4.78, 5) is 2.33. The predicted molar refractivity (Wildman–Crippen MR) is 75.8 cm³/mol. The summed E-state index contributed by atoms with van der Waals surface area (Å²) in [5, 5.41) is 0. The van der Waals surface area contributed by atoms with E-state index in [4.69, 9.17) is 11.5 Å². The molecule has 2 aromatic carbocycles. The van der Waals surface area contributed by atoms with Crippen molar-refractivity contribution in [3.63, 3.8) is 0 Å². The Balaban J connectivity index is 2.30. The minimum absolute atomic E-state index is 0.263. The number of fused-ring (bicyclic) bond motifs is 2. The second kappa shape index (κ2) is 3.64. The second-order valence-electron chi connectivity index (χ2n) is 4.24. The lowest BCUT2D eigenvalue weighted by molar-refractivity contribution is 1.06. The average Bonchev–Trinajstić information content (AvgIpc) is 2.28. The highest BCUT2D eigenvalue weighted by atomic mass is 32.2. The summed E-state index contributed by atoms with van der Waals surface area (Å²) in [6, 6.07) is 12.1. The molecule has 0 aliphatic carbocycles. The SMILES string of the molecule is C=S1c2c(N)cccc2Cc2cccc(N)c21.